The third-order valence-electron chi connectivity index (χ3n) is 5.21. The number of fused-ring (bicyclic) bond motifs is 1. The zero-order valence-corrected chi connectivity index (χ0v) is 16.8. The smallest absolute Gasteiger partial charge is 0.328 e. The van der Waals surface area contributed by atoms with E-state index < -0.39 is 5.97 Å². The normalized spacial score (nSPS) is 11.2. The zero-order valence-electron chi connectivity index (χ0n) is 16.8. The second kappa shape index (κ2) is 8.70. The lowest BCUT2D eigenvalue weighted by Crippen LogP contribution is -1.93. The van der Waals surface area contributed by atoms with Gasteiger partial charge in [-0.25, -0.2) is 4.79 Å². The molecule has 1 N–H and O–H groups in total. The molecule has 3 aromatic carbocycles. The van der Waals surface area contributed by atoms with Crippen LogP contribution in [0.4, 0.5) is 0 Å². The molecule has 0 saturated carbocycles. The number of aromatic nitrogens is 1. The summed E-state index contributed by atoms with van der Waals surface area (Å²) >= 11 is 0. The average molecular weight is 397 g/mol. The first kappa shape index (κ1) is 19.5. The lowest BCUT2D eigenvalue weighted by Gasteiger charge is -2.07. The molecule has 1 aromatic heterocycles. The number of ether oxygens (including phenoxy) is 1. The first-order valence-corrected chi connectivity index (χ1v) is 9.87. The number of carboxylic acid groups (broad SMARTS) is 1. The molecular formula is C26H23NO3. The van der Waals surface area contributed by atoms with Gasteiger partial charge in [0, 0.05) is 23.3 Å². The van der Waals surface area contributed by atoms with Crippen molar-refractivity contribution in [1.29, 1.82) is 0 Å². The molecule has 0 amide bonds. The Hall–Kier alpha value is -3.79. The predicted molar refractivity (Wildman–Crippen MR) is 120 cm³/mol. The Morgan fingerprint density at radius 2 is 1.77 bits per heavy atom. The molecule has 4 rings (SSSR count). The number of rotatable bonds is 7. The maximum atomic E-state index is 10.9. The standard InChI is InChI=1S/C26H23NO3/c1-30-23-13-11-22(12-14-23)27-18-21(10-7-19-5-3-2-4-6-19)24-17-20(8-15-25(24)27)9-16-26(28)29/h2-6,8-9,11-18H,7,10H2,1H3,(H,28,29). The number of aliphatic carboxylic acids is 1. The largest absolute Gasteiger partial charge is 0.497 e. The van der Waals surface area contributed by atoms with Gasteiger partial charge in [0.05, 0.1) is 12.6 Å². The fourth-order valence-corrected chi connectivity index (χ4v) is 3.67. The van der Waals surface area contributed by atoms with Crippen molar-refractivity contribution in [3.63, 3.8) is 0 Å². The molecule has 0 fully saturated rings. The van der Waals surface area contributed by atoms with E-state index in [0.29, 0.717) is 0 Å². The van der Waals surface area contributed by atoms with Crippen molar-refractivity contribution < 1.29 is 14.6 Å². The van der Waals surface area contributed by atoms with Crippen molar-refractivity contribution in [2.45, 2.75) is 12.8 Å². The van der Waals surface area contributed by atoms with Gasteiger partial charge in [-0.15, -0.1) is 0 Å². The van der Waals surface area contributed by atoms with E-state index in [1.54, 1.807) is 13.2 Å². The molecule has 0 aliphatic heterocycles. The van der Waals surface area contributed by atoms with E-state index in [9.17, 15) is 4.79 Å². The van der Waals surface area contributed by atoms with Gasteiger partial charge >= 0.3 is 5.97 Å². The van der Waals surface area contributed by atoms with Gasteiger partial charge in [0.25, 0.3) is 0 Å². The van der Waals surface area contributed by atoms with E-state index in [2.05, 4.69) is 41.1 Å². The lowest BCUT2D eigenvalue weighted by atomic mass is 10.0. The van der Waals surface area contributed by atoms with Gasteiger partial charge in [0.2, 0.25) is 0 Å². The van der Waals surface area contributed by atoms with Crippen LogP contribution in [0, 0.1) is 0 Å². The Balaban J connectivity index is 1.76. The molecule has 0 aliphatic carbocycles. The van der Waals surface area contributed by atoms with Crippen LogP contribution in [0.5, 0.6) is 5.75 Å². The topological polar surface area (TPSA) is 51.5 Å². The maximum Gasteiger partial charge on any atom is 0.328 e. The fraction of sp³-hybridized carbons (Fsp3) is 0.115. The highest BCUT2D eigenvalue weighted by Crippen LogP contribution is 2.28. The van der Waals surface area contributed by atoms with Gasteiger partial charge < -0.3 is 14.4 Å². The van der Waals surface area contributed by atoms with Crippen LogP contribution in [0.25, 0.3) is 22.7 Å². The number of hydrogen-bond acceptors (Lipinski definition) is 2. The van der Waals surface area contributed by atoms with Crippen LogP contribution < -0.4 is 4.74 Å². The number of carboxylic acids is 1. The van der Waals surface area contributed by atoms with E-state index in [4.69, 9.17) is 9.84 Å². The minimum atomic E-state index is -0.949. The summed E-state index contributed by atoms with van der Waals surface area (Å²) in [6.07, 6.45) is 6.83. The summed E-state index contributed by atoms with van der Waals surface area (Å²) in [7, 11) is 1.66. The van der Waals surface area contributed by atoms with Crippen LogP contribution >= 0.6 is 0 Å². The summed E-state index contributed by atoms with van der Waals surface area (Å²) in [6.45, 7) is 0. The first-order chi connectivity index (χ1) is 14.6. The number of nitrogens with zero attached hydrogens (tertiary/aromatic N) is 1. The van der Waals surface area contributed by atoms with Crippen LogP contribution in [0.3, 0.4) is 0 Å². The molecular weight excluding hydrogens is 374 g/mol. The molecule has 0 aliphatic rings. The maximum absolute atomic E-state index is 10.9. The molecule has 0 atom stereocenters. The molecule has 4 heteroatoms. The Labute approximate surface area is 175 Å². The Bertz CT molecular complexity index is 1190. The number of aryl methyl sites for hydroxylation is 2. The molecule has 0 bridgehead atoms. The van der Waals surface area contributed by atoms with Gasteiger partial charge in [-0.1, -0.05) is 36.4 Å². The average Bonchev–Trinajstić information content (AvgIpc) is 3.15. The number of carbonyl (C=O) groups is 1. The monoisotopic (exact) mass is 397 g/mol. The SMILES string of the molecule is COc1ccc(-n2cc(CCc3ccccc3)c3cc(C=CC(=O)O)ccc32)cc1. The van der Waals surface area contributed by atoms with Crippen LogP contribution in [0.1, 0.15) is 16.7 Å². The molecule has 0 radical (unpaired) electrons. The second-order valence-electron chi connectivity index (χ2n) is 7.16. The highest BCUT2D eigenvalue weighted by molar-refractivity contribution is 5.90. The lowest BCUT2D eigenvalue weighted by molar-refractivity contribution is -0.131. The van der Waals surface area contributed by atoms with E-state index >= 15 is 0 Å². The third-order valence-corrected chi connectivity index (χ3v) is 5.21. The highest BCUT2D eigenvalue weighted by atomic mass is 16.5. The predicted octanol–water partition coefficient (Wildman–Crippen LogP) is 5.52. The van der Waals surface area contributed by atoms with Crippen molar-refractivity contribution >= 4 is 22.9 Å². The third kappa shape index (κ3) is 4.28. The van der Waals surface area contributed by atoms with Crippen molar-refractivity contribution in [1.82, 2.24) is 4.57 Å². The Morgan fingerprint density at radius 1 is 1.00 bits per heavy atom. The van der Waals surface area contributed by atoms with E-state index in [0.717, 1.165) is 40.7 Å². The summed E-state index contributed by atoms with van der Waals surface area (Å²) in [6, 6.07) is 24.5. The van der Waals surface area contributed by atoms with Gasteiger partial charge in [-0.3, -0.25) is 0 Å². The van der Waals surface area contributed by atoms with E-state index in [-0.39, 0.29) is 0 Å². The van der Waals surface area contributed by atoms with Crippen LogP contribution in [-0.2, 0) is 17.6 Å². The van der Waals surface area contributed by atoms with Crippen LogP contribution in [0.2, 0.25) is 0 Å². The number of benzene rings is 3. The number of hydrogen-bond donors (Lipinski definition) is 1. The summed E-state index contributed by atoms with van der Waals surface area (Å²) in [4.78, 5) is 10.9. The molecule has 30 heavy (non-hydrogen) atoms. The van der Waals surface area contributed by atoms with Crippen molar-refractivity contribution in [3.8, 4) is 11.4 Å². The molecule has 1 heterocycles. The van der Waals surface area contributed by atoms with E-state index in [1.807, 2.05) is 42.5 Å². The summed E-state index contributed by atoms with van der Waals surface area (Å²) in [5, 5.41) is 10.1. The summed E-state index contributed by atoms with van der Waals surface area (Å²) in [5.74, 6) is -0.129. The van der Waals surface area contributed by atoms with Crippen molar-refractivity contribution in [2.24, 2.45) is 0 Å². The zero-order chi connectivity index (χ0) is 20.9. The van der Waals surface area contributed by atoms with Crippen molar-refractivity contribution in [2.75, 3.05) is 7.11 Å². The summed E-state index contributed by atoms with van der Waals surface area (Å²) in [5.41, 5.74) is 5.55. The van der Waals surface area contributed by atoms with Gasteiger partial charge in [-0.05, 0) is 72.0 Å². The Kier molecular flexibility index (Phi) is 5.66. The second-order valence-corrected chi connectivity index (χ2v) is 7.16. The van der Waals surface area contributed by atoms with Gasteiger partial charge in [0.1, 0.15) is 5.75 Å². The Morgan fingerprint density at radius 3 is 2.47 bits per heavy atom. The summed E-state index contributed by atoms with van der Waals surface area (Å²) < 4.78 is 7.46. The minimum Gasteiger partial charge on any atom is -0.497 e. The first-order valence-electron chi connectivity index (χ1n) is 9.87. The molecule has 4 aromatic rings. The molecule has 0 spiro atoms. The highest BCUT2D eigenvalue weighted by Gasteiger charge is 2.11. The fourth-order valence-electron chi connectivity index (χ4n) is 3.67. The molecule has 0 unspecified atom stereocenters. The number of methoxy groups -OCH3 is 1. The van der Waals surface area contributed by atoms with Crippen LogP contribution in [-0.4, -0.2) is 22.8 Å². The van der Waals surface area contributed by atoms with Gasteiger partial charge in [-0.2, -0.15) is 0 Å². The molecule has 150 valence electrons. The van der Waals surface area contributed by atoms with Crippen LogP contribution in [0.15, 0.2) is 85.1 Å². The van der Waals surface area contributed by atoms with Crippen molar-refractivity contribution in [3.05, 3.63) is 102 Å². The minimum absolute atomic E-state index is 0.820. The van der Waals surface area contributed by atoms with Gasteiger partial charge in [0.15, 0.2) is 0 Å². The molecule has 0 saturated heterocycles. The van der Waals surface area contributed by atoms with E-state index in [1.165, 1.54) is 17.2 Å². The molecule has 4 nitrogen and oxygen atoms in total. The quantitative estimate of drug-likeness (QED) is 0.418.